The second kappa shape index (κ2) is 7.50. The van der Waals surface area contributed by atoms with Crippen molar-refractivity contribution < 1.29 is 4.42 Å². The van der Waals surface area contributed by atoms with Crippen LogP contribution in [0.2, 0.25) is 0 Å². The predicted octanol–water partition coefficient (Wildman–Crippen LogP) is 9.30. The third-order valence-corrected chi connectivity index (χ3v) is 6.66. The molecule has 2 nitrogen and oxygen atoms in total. The van der Waals surface area contributed by atoms with Crippen LogP contribution in [0.5, 0.6) is 0 Å². The average Bonchev–Trinajstić information content (AvgIpc) is 3.26. The van der Waals surface area contributed by atoms with Gasteiger partial charge in [0.2, 0.25) is 0 Å². The van der Waals surface area contributed by atoms with Gasteiger partial charge in [0.15, 0.2) is 0 Å². The van der Waals surface area contributed by atoms with E-state index < -0.39 is 0 Å². The molecule has 0 saturated carbocycles. The molecule has 1 heterocycles. The van der Waals surface area contributed by atoms with Gasteiger partial charge < -0.3 is 9.73 Å². The van der Waals surface area contributed by atoms with Crippen LogP contribution in [0.25, 0.3) is 54.6 Å². The molecule has 34 heavy (non-hydrogen) atoms. The molecule has 0 fully saturated rings. The number of rotatable bonds is 3. The van der Waals surface area contributed by atoms with Crippen molar-refractivity contribution >= 4 is 54.9 Å². The van der Waals surface area contributed by atoms with E-state index in [-0.39, 0.29) is 0 Å². The maximum Gasteiger partial charge on any atom is 0.137 e. The molecular formula is C32H21NO. The van der Waals surface area contributed by atoms with E-state index in [0.717, 1.165) is 33.3 Å². The van der Waals surface area contributed by atoms with Crippen LogP contribution in [0, 0.1) is 0 Å². The molecule has 2 heteroatoms. The van der Waals surface area contributed by atoms with E-state index >= 15 is 0 Å². The highest BCUT2D eigenvalue weighted by Gasteiger charge is 2.12. The van der Waals surface area contributed by atoms with Gasteiger partial charge in [-0.1, -0.05) is 91.0 Å². The van der Waals surface area contributed by atoms with Gasteiger partial charge >= 0.3 is 0 Å². The summed E-state index contributed by atoms with van der Waals surface area (Å²) in [5.74, 6) is 0. The predicted molar refractivity (Wildman–Crippen MR) is 144 cm³/mol. The first-order valence-corrected chi connectivity index (χ1v) is 11.5. The van der Waals surface area contributed by atoms with E-state index in [0.29, 0.717) is 0 Å². The summed E-state index contributed by atoms with van der Waals surface area (Å²) in [6.45, 7) is 0. The number of furan rings is 1. The van der Waals surface area contributed by atoms with Crippen molar-refractivity contribution in [1.29, 1.82) is 0 Å². The van der Waals surface area contributed by atoms with Crippen LogP contribution >= 0.6 is 0 Å². The fourth-order valence-electron chi connectivity index (χ4n) is 5.06. The first-order chi connectivity index (χ1) is 16.8. The van der Waals surface area contributed by atoms with Crippen molar-refractivity contribution in [3.05, 3.63) is 121 Å². The topological polar surface area (TPSA) is 25.2 Å². The van der Waals surface area contributed by atoms with Gasteiger partial charge in [0.05, 0.1) is 0 Å². The Morgan fingerprint density at radius 1 is 0.441 bits per heavy atom. The molecule has 0 aliphatic carbocycles. The zero-order valence-electron chi connectivity index (χ0n) is 18.5. The Morgan fingerprint density at radius 3 is 2.03 bits per heavy atom. The van der Waals surface area contributed by atoms with Crippen LogP contribution in [0.4, 0.5) is 11.4 Å². The number of nitrogens with one attached hydrogen (secondary N) is 1. The Balaban J connectivity index is 1.36. The van der Waals surface area contributed by atoms with Gasteiger partial charge in [-0.15, -0.1) is 0 Å². The first kappa shape index (κ1) is 19.0. The number of hydrogen-bond acceptors (Lipinski definition) is 2. The summed E-state index contributed by atoms with van der Waals surface area (Å²) in [7, 11) is 0. The number of para-hydroxylation sites is 1. The Hall–Kier alpha value is -4.56. The summed E-state index contributed by atoms with van der Waals surface area (Å²) in [6.07, 6.45) is 0. The van der Waals surface area contributed by atoms with Crippen molar-refractivity contribution in [2.75, 3.05) is 5.32 Å². The normalized spacial score (nSPS) is 11.5. The van der Waals surface area contributed by atoms with E-state index in [1.807, 2.05) is 18.2 Å². The minimum atomic E-state index is 0.892. The largest absolute Gasteiger partial charge is 0.456 e. The molecule has 0 atom stereocenters. The lowest BCUT2D eigenvalue weighted by Gasteiger charge is -2.15. The van der Waals surface area contributed by atoms with Crippen molar-refractivity contribution in [3.63, 3.8) is 0 Å². The van der Waals surface area contributed by atoms with E-state index in [4.69, 9.17) is 4.42 Å². The molecule has 0 bridgehead atoms. The minimum Gasteiger partial charge on any atom is -0.456 e. The van der Waals surface area contributed by atoms with E-state index in [1.165, 1.54) is 32.7 Å². The van der Waals surface area contributed by atoms with Crippen LogP contribution in [-0.2, 0) is 0 Å². The zero-order chi connectivity index (χ0) is 22.5. The number of anilines is 2. The van der Waals surface area contributed by atoms with Gasteiger partial charge in [-0.25, -0.2) is 0 Å². The fraction of sp³-hybridized carbons (Fsp3) is 0. The highest BCUT2D eigenvalue weighted by molar-refractivity contribution is 6.10. The fourth-order valence-corrected chi connectivity index (χ4v) is 5.06. The van der Waals surface area contributed by atoms with Crippen LogP contribution in [0.15, 0.2) is 126 Å². The summed E-state index contributed by atoms with van der Waals surface area (Å²) in [6, 6.07) is 42.6. The second-order valence-corrected chi connectivity index (χ2v) is 8.67. The Labute approximate surface area is 197 Å². The maximum atomic E-state index is 6.10. The zero-order valence-corrected chi connectivity index (χ0v) is 18.5. The third kappa shape index (κ3) is 2.96. The van der Waals surface area contributed by atoms with Crippen molar-refractivity contribution in [2.24, 2.45) is 0 Å². The molecule has 6 aromatic carbocycles. The summed E-state index contributed by atoms with van der Waals surface area (Å²) in [5.41, 5.74) is 6.39. The Kier molecular flexibility index (Phi) is 4.18. The smallest absolute Gasteiger partial charge is 0.137 e. The molecule has 0 radical (unpaired) electrons. The lowest BCUT2D eigenvalue weighted by atomic mass is 9.93. The SMILES string of the molecule is c1ccc2c(-c3ccc(Nc4ccc5c(c4)oc4ccccc45)c4ccccc34)cccc2c1. The molecule has 0 amide bonds. The molecular weight excluding hydrogens is 414 g/mol. The highest BCUT2D eigenvalue weighted by Crippen LogP contribution is 2.38. The molecule has 7 aromatic rings. The van der Waals surface area contributed by atoms with Gasteiger partial charge in [0.25, 0.3) is 0 Å². The second-order valence-electron chi connectivity index (χ2n) is 8.67. The molecule has 0 unspecified atom stereocenters. The first-order valence-electron chi connectivity index (χ1n) is 11.5. The van der Waals surface area contributed by atoms with Crippen LogP contribution in [0.3, 0.4) is 0 Å². The standard InChI is InChI=1S/C32H21NO/c1-2-10-23-21(8-1)9-7-14-24(23)26-18-19-30(27-12-4-3-11-25(26)27)33-22-16-17-29-28-13-5-6-15-31(28)34-32(29)20-22/h1-20,33H. The third-order valence-electron chi connectivity index (χ3n) is 6.66. The molecule has 7 rings (SSSR count). The molecule has 0 saturated heterocycles. The summed E-state index contributed by atoms with van der Waals surface area (Å²) >= 11 is 0. The van der Waals surface area contributed by atoms with Crippen LogP contribution in [0.1, 0.15) is 0 Å². The summed E-state index contributed by atoms with van der Waals surface area (Å²) in [5, 5.41) is 10.9. The van der Waals surface area contributed by atoms with Gasteiger partial charge in [0.1, 0.15) is 11.2 Å². The van der Waals surface area contributed by atoms with E-state index in [2.05, 4.69) is 108 Å². The molecule has 160 valence electrons. The molecule has 0 aliphatic rings. The molecule has 1 aromatic heterocycles. The summed E-state index contributed by atoms with van der Waals surface area (Å²) < 4.78 is 6.10. The highest BCUT2D eigenvalue weighted by atomic mass is 16.3. The molecule has 1 N–H and O–H groups in total. The quantitative estimate of drug-likeness (QED) is 0.299. The lowest BCUT2D eigenvalue weighted by molar-refractivity contribution is 0.669. The van der Waals surface area contributed by atoms with Crippen LogP contribution < -0.4 is 5.32 Å². The van der Waals surface area contributed by atoms with Gasteiger partial charge in [-0.2, -0.15) is 0 Å². The Bertz CT molecular complexity index is 1840. The van der Waals surface area contributed by atoms with Crippen LogP contribution in [-0.4, -0.2) is 0 Å². The average molecular weight is 436 g/mol. The van der Waals surface area contributed by atoms with Crippen molar-refractivity contribution in [1.82, 2.24) is 0 Å². The van der Waals surface area contributed by atoms with E-state index in [9.17, 15) is 0 Å². The minimum absolute atomic E-state index is 0.892. The van der Waals surface area contributed by atoms with Gasteiger partial charge in [-0.05, 0) is 51.6 Å². The maximum absolute atomic E-state index is 6.10. The lowest BCUT2D eigenvalue weighted by Crippen LogP contribution is -1.93. The van der Waals surface area contributed by atoms with Gasteiger partial charge in [-0.3, -0.25) is 0 Å². The summed E-state index contributed by atoms with van der Waals surface area (Å²) in [4.78, 5) is 0. The number of benzene rings is 6. The monoisotopic (exact) mass is 435 g/mol. The number of fused-ring (bicyclic) bond motifs is 5. The van der Waals surface area contributed by atoms with Crippen molar-refractivity contribution in [2.45, 2.75) is 0 Å². The molecule has 0 spiro atoms. The Morgan fingerprint density at radius 2 is 1.12 bits per heavy atom. The van der Waals surface area contributed by atoms with Crippen molar-refractivity contribution in [3.8, 4) is 11.1 Å². The number of hydrogen-bond donors (Lipinski definition) is 1. The van der Waals surface area contributed by atoms with Gasteiger partial charge in [0, 0.05) is 33.6 Å². The van der Waals surface area contributed by atoms with E-state index in [1.54, 1.807) is 0 Å². The molecule has 0 aliphatic heterocycles.